The molecule has 0 radical (unpaired) electrons. The van der Waals surface area contributed by atoms with Gasteiger partial charge in [-0.05, 0) is 51.7 Å². The predicted octanol–water partition coefficient (Wildman–Crippen LogP) is 3.09. The summed E-state index contributed by atoms with van der Waals surface area (Å²) in [6.45, 7) is 3.39. The third kappa shape index (κ3) is 5.09. The molecule has 1 rings (SSSR count). The number of pyridine rings is 1. The highest BCUT2D eigenvalue weighted by Crippen LogP contribution is 2.34. The highest BCUT2D eigenvalue weighted by molar-refractivity contribution is 5.29. The first-order valence-electron chi connectivity index (χ1n) is 6.75. The van der Waals surface area contributed by atoms with Gasteiger partial charge < -0.3 is 10.2 Å². The molecule has 0 saturated carbocycles. The van der Waals surface area contributed by atoms with Gasteiger partial charge in [-0.1, -0.05) is 6.92 Å². The van der Waals surface area contributed by atoms with Gasteiger partial charge in [0.15, 0.2) is 0 Å². The van der Waals surface area contributed by atoms with Gasteiger partial charge in [0, 0.05) is 18.4 Å². The van der Waals surface area contributed by atoms with Gasteiger partial charge in [0.2, 0.25) is 0 Å². The molecule has 0 saturated heterocycles. The lowest BCUT2D eigenvalue weighted by atomic mass is 9.99. The van der Waals surface area contributed by atoms with Crippen LogP contribution in [0.4, 0.5) is 13.2 Å². The molecular weight excluding hydrogens is 267 g/mol. The minimum atomic E-state index is -4.34. The Hall–Kier alpha value is -1.14. The highest BCUT2D eigenvalue weighted by atomic mass is 19.4. The quantitative estimate of drug-likeness (QED) is 0.836. The van der Waals surface area contributed by atoms with Crippen LogP contribution in [0.25, 0.3) is 0 Å². The Morgan fingerprint density at radius 3 is 2.60 bits per heavy atom. The number of halogens is 3. The molecule has 3 nitrogen and oxygen atoms in total. The molecule has 6 heteroatoms. The Labute approximate surface area is 118 Å². The molecule has 0 aliphatic heterocycles. The first-order valence-corrected chi connectivity index (χ1v) is 6.75. The number of rotatable bonds is 7. The van der Waals surface area contributed by atoms with Crippen molar-refractivity contribution in [3.05, 3.63) is 29.6 Å². The van der Waals surface area contributed by atoms with Crippen LogP contribution in [-0.4, -0.2) is 37.1 Å². The largest absolute Gasteiger partial charge is 0.416 e. The standard InChI is InChI=1S/C14H22F3N3/c1-4-7-19-13(6-9-20(2)3)11-10-18-8-5-12(11)14(15,16)17/h5,8,10,13,19H,4,6-7,9H2,1-3H3. The fourth-order valence-electron chi connectivity index (χ4n) is 2.02. The van der Waals surface area contributed by atoms with Crippen LogP contribution >= 0.6 is 0 Å². The van der Waals surface area contributed by atoms with Crippen molar-refractivity contribution in [2.45, 2.75) is 32.0 Å². The molecule has 1 unspecified atom stereocenters. The van der Waals surface area contributed by atoms with E-state index >= 15 is 0 Å². The molecule has 0 amide bonds. The molecule has 0 spiro atoms. The second-order valence-electron chi connectivity index (χ2n) is 5.06. The van der Waals surface area contributed by atoms with E-state index in [1.54, 1.807) is 0 Å². The normalized spacial score (nSPS) is 13.8. The second-order valence-corrected chi connectivity index (χ2v) is 5.06. The minimum absolute atomic E-state index is 0.232. The lowest BCUT2D eigenvalue weighted by Gasteiger charge is -2.23. The molecule has 20 heavy (non-hydrogen) atoms. The summed E-state index contributed by atoms with van der Waals surface area (Å²) in [7, 11) is 3.82. The zero-order valence-corrected chi connectivity index (χ0v) is 12.2. The molecule has 1 N–H and O–H groups in total. The van der Waals surface area contributed by atoms with Crippen molar-refractivity contribution in [3.63, 3.8) is 0 Å². The van der Waals surface area contributed by atoms with Crippen LogP contribution in [0, 0.1) is 0 Å². The van der Waals surface area contributed by atoms with Gasteiger partial charge in [0.25, 0.3) is 0 Å². The summed E-state index contributed by atoms with van der Waals surface area (Å²) in [6.07, 6.45) is -0.342. The number of nitrogens with one attached hydrogen (secondary N) is 1. The van der Waals surface area contributed by atoms with Crippen LogP contribution < -0.4 is 5.32 Å². The van der Waals surface area contributed by atoms with Gasteiger partial charge in [-0.3, -0.25) is 4.98 Å². The SMILES string of the molecule is CCCNC(CCN(C)C)c1cnccc1C(F)(F)F. The van der Waals surface area contributed by atoms with Crippen molar-refractivity contribution in [1.29, 1.82) is 0 Å². The van der Waals surface area contributed by atoms with Gasteiger partial charge in [-0.25, -0.2) is 0 Å². The molecule has 1 atom stereocenters. The number of aromatic nitrogens is 1. The number of nitrogens with zero attached hydrogens (tertiary/aromatic N) is 2. The fraction of sp³-hybridized carbons (Fsp3) is 0.643. The van der Waals surface area contributed by atoms with E-state index in [0.29, 0.717) is 19.5 Å². The van der Waals surface area contributed by atoms with Gasteiger partial charge >= 0.3 is 6.18 Å². The summed E-state index contributed by atoms with van der Waals surface area (Å²) >= 11 is 0. The van der Waals surface area contributed by atoms with E-state index in [1.807, 2.05) is 25.9 Å². The molecule has 1 aromatic rings. The Balaban J connectivity index is 3.00. The molecule has 1 aromatic heterocycles. The van der Waals surface area contributed by atoms with E-state index < -0.39 is 11.7 Å². The molecule has 0 fully saturated rings. The van der Waals surface area contributed by atoms with Gasteiger partial charge in [0.05, 0.1) is 5.56 Å². The number of hydrogen-bond acceptors (Lipinski definition) is 3. The lowest BCUT2D eigenvalue weighted by Crippen LogP contribution is -2.28. The lowest BCUT2D eigenvalue weighted by molar-refractivity contribution is -0.138. The maximum Gasteiger partial charge on any atom is 0.416 e. The van der Waals surface area contributed by atoms with Crippen molar-refractivity contribution in [3.8, 4) is 0 Å². The highest BCUT2D eigenvalue weighted by Gasteiger charge is 2.35. The van der Waals surface area contributed by atoms with Crippen molar-refractivity contribution < 1.29 is 13.2 Å². The van der Waals surface area contributed by atoms with Crippen LogP contribution in [0.15, 0.2) is 18.5 Å². The third-order valence-corrected chi connectivity index (χ3v) is 3.04. The molecular formula is C14H22F3N3. The van der Waals surface area contributed by atoms with E-state index in [1.165, 1.54) is 12.4 Å². The number of hydrogen-bond donors (Lipinski definition) is 1. The predicted molar refractivity (Wildman–Crippen MR) is 73.4 cm³/mol. The van der Waals surface area contributed by atoms with Gasteiger partial charge in [-0.15, -0.1) is 0 Å². The molecule has 0 aliphatic carbocycles. The second kappa shape index (κ2) is 7.59. The minimum Gasteiger partial charge on any atom is -0.310 e. The van der Waals surface area contributed by atoms with E-state index in [4.69, 9.17) is 0 Å². The Kier molecular flexibility index (Phi) is 6.42. The Bertz CT molecular complexity index is 405. The molecule has 0 aliphatic rings. The Morgan fingerprint density at radius 1 is 1.35 bits per heavy atom. The van der Waals surface area contributed by atoms with E-state index in [0.717, 1.165) is 12.5 Å². The Morgan fingerprint density at radius 2 is 2.05 bits per heavy atom. The summed E-state index contributed by atoms with van der Waals surface area (Å²) in [4.78, 5) is 5.82. The monoisotopic (exact) mass is 289 g/mol. The first kappa shape index (κ1) is 16.9. The topological polar surface area (TPSA) is 28.2 Å². The smallest absolute Gasteiger partial charge is 0.310 e. The summed E-state index contributed by atoms with van der Waals surface area (Å²) in [5.74, 6) is 0. The van der Waals surface area contributed by atoms with Gasteiger partial charge in [-0.2, -0.15) is 13.2 Å². The maximum atomic E-state index is 13.1. The summed E-state index contributed by atoms with van der Waals surface area (Å²) in [5, 5.41) is 3.19. The van der Waals surface area contributed by atoms with Crippen molar-refractivity contribution in [2.75, 3.05) is 27.2 Å². The molecule has 0 bridgehead atoms. The summed E-state index contributed by atoms with van der Waals surface area (Å²) < 4.78 is 39.2. The summed E-state index contributed by atoms with van der Waals surface area (Å²) in [5.41, 5.74) is -0.366. The van der Waals surface area contributed by atoms with E-state index in [2.05, 4.69) is 10.3 Å². The van der Waals surface area contributed by atoms with Gasteiger partial charge in [0.1, 0.15) is 0 Å². The van der Waals surface area contributed by atoms with Crippen LogP contribution in [-0.2, 0) is 6.18 Å². The van der Waals surface area contributed by atoms with Crippen LogP contribution in [0.2, 0.25) is 0 Å². The number of alkyl halides is 3. The average molecular weight is 289 g/mol. The third-order valence-electron chi connectivity index (χ3n) is 3.04. The van der Waals surface area contributed by atoms with Crippen LogP contribution in [0.5, 0.6) is 0 Å². The zero-order valence-electron chi connectivity index (χ0n) is 12.2. The molecule has 1 heterocycles. The first-order chi connectivity index (χ1) is 9.36. The average Bonchev–Trinajstić information content (AvgIpc) is 2.37. The summed E-state index contributed by atoms with van der Waals surface area (Å²) in [6, 6.07) is 0.716. The molecule has 0 aromatic carbocycles. The maximum absolute atomic E-state index is 13.1. The fourth-order valence-corrected chi connectivity index (χ4v) is 2.02. The zero-order chi connectivity index (χ0) is 15.2. The van der Waals surface area contributed by atoms with Crippen molar-refractivity contribution in [1.82, 2.24) is 15.2 Å². The van der Waals surface area contributed by atoms with E-state index in [-0.39, 0.29) is 11.6 Å². The van der Waals surface area contributed by atoms with Crippen molar-refractivity contribution in [2.24, 2.45) is 0 Å². The van der Waals surface area contributed by atoms with Crippen molar-refractivity contribution >= 4 is 0 Å². The van der Waals surface area contributed by atoms with Crippen LogP contribution in [0.3, 0.4) is 0 Å². The molecule has 114 valence electrons. The van der Waals surface area contributed by atoms with Crippen LogP contribution in [0.1, 0.15) is 36.9 Å². The van der Waals surface area contributed by atoms with E-state index in [9.17, 15) is 13.2 Å².